The van der Waals surface area contributed by atoms with E-state index in [1.165, 1.54) is 20.1 Å². The number of halogens is 2. The largest absolute Gasteiger partial charge is 0.0619 e. The zero-order valence-electron chi connectivity index (χ0n) is 9.37. The summed E-state index contributed by atoms with van der Waals surface area (Å²) in [6.45, 7) is 4.15. The molecule has 0 unspecified atom stereocenters. The van der Waals surface area contributed by atoms with Crippen molar-refractivity contribution in [2.24, 2.45) is 0 Å². The molecular formula is C14H14Br2. The van der Waals surface area contributed by atoms with Crippen molar-refractivity contribution in [3.05, 3.63) is 68.6 Å². The first kappa shape index (κ1) is 13.5. The first-order valence-corrected chi connectivity index (χ1v) is 6.62. The van der Waals surface area contributed by atoms with E-state index in [0.717, 1.165) is 0 Å². The van der Waals surface area contributed by atoms with Gasteiger partial charge in [0.05, 0.1) is 0 Å². The third kappa shape index (κ3) is 4.50. The van der Waals surface area contributed by atoms with E-state index in [2.05, 4.69) is 57.8 Å². The van der Waals surface area contributed by atoms with Gasteiger partial charge in [0.2, 0.25) is 0 Å². The van der Waals surface area contributed by atoms with Gasteiger partial charge in [0.15, 0.2) is 0 Å². The van der Waals surface area contributed by atoms with E-state index in [1.54, 1.807) is 0 Å². The summed E-state index contributed by atoms with van der Waals surface area (Å²) < 4.78 is 2.36. The number of rotatable bonds is 0. The van der Waals surface area contributed by atoms with Crippen molar-refractivity contribution in [3.63, 3.8) is 0 Å². The van der Waals surface area contributed by atoms with Crippen LogP contribution in [-0.2, 0) is 0 Å². The Morgan fingerprint density at radius 2 is 0.938 bits per heavy atom. The Hall–Kier alpha value is -0.600. The summed E-state index contributed by atoms with van der Waals surface area (Å²) in [7, 11) is 0. The lowest BCUT2D eigenvalue weighted by molar-refractivity contribution is 1.43. The normalized spacial score (nSPS) is 9.25. The van der Waals surface area contributed by atoms with Crippen molar-refractivity contribution < 1.29 is 0 Å². The fourth-order valence-corrected chi connectivity index (χ4v) is 1.67. The van der Waals surface area contributed by atoms with Gasteiger partial charge < -0.3 is 0 Å². The predicted molar refractivity (Wildman–Crippen MR) is 77.8 cm³/mol. The van der Waals surface area contributed by atoms with E-state index in [0.29, 0.717) is 0 Å². The Bertz CT molecular complexity index is 364. The van der Waals surface area contributed by atoms with Gasteiger partial charge >= 0.3 is 0 Å². The zero-order chi connectivity index (χ0) is 12.0. The van der Waals surface area contributed by atoms with Gasteiger partial charge in [-0.2, -0.15) is 0 Å². The third-order valence-corrected chi connectivity index (χ3v) is 3.93. The molecule has 0 radical (unpaired) electrons. The molecule has 0 nitrogen and oxygen atoms in total. The smallest absolute Gasteiger partial charge is 0.0204 e. The van der Waals surface area contributed by atoms with Crippen LogP contribution in [0.4, 0.5) is 0 Å². The van der Waals surface area contributed by atoms with E-state index in [1.807, 2.05) is 36.4 Å². The lowest BCUT2D eigenvalue weighted by atomic mass is 10.2. The van der Waals surface area contributed by atoms with E-state index in [-0.39, 0.29) is 0 Å². The number of hydrogen-bond donors (Lipinski definition) is 0. The van der Waals surface area contributed by atoms with Gasteiger partial charge in [-0.1, -0.05) is 68.3 Å². The molecule has 0 aliphatic heterocycles. The molecule has 0 aliphatic carbocycles. The molecule has 2 aromatic rings. The van der Waals surface area contributed by atoms with Crippen LogP contribution in [0.15, 0.2) is 57.5 Å². The minimum absolute atomic E-state index is 1.18. The van der Waals surface area contributed by atoms with Gasteiger partial charge in [-0.15, -0.1) is 0 Å². The van der Waals surface area contributed by atoms with Crippen LogP contribution in [0.1, 0.15) is 11.1 Å². The minimum atomic E-state index is 1.18. The summed E-state index contributed by atoms with van der Waals surface area (Å²) in [5, 5.41) is 0. The van der Waals surface area contributed by atoms with Gasteiger partial charge in [0.1, 0.15) is 0 Å². The molecular weight excluding hydrogens is 328 g/mol. The second-order valence-electron chi connectivity index (χ2n) is 3.50. The SMILES string of the molecule is Cc1ccccc1Br.Cc1ccccc1Br. The van der Waals surface area contributed by atoms with Crippen LogP contribution in [0.25, 0.3) is 0 Å². The Balaban J connectivity index is 0.000000160. The number of hydrogen-bond acceptors (Lipinski definition) is 0. The number of aryl methyl sites for hydroxylation is 2. The topological polar surface area (TPSA) is 0 Å². The first-order valence-electron chi connectivity index (χ1n) is 5.03. The van der Waals surface area contributed by atoms with Gasteiger partial charge in [-0.05, 0) is 37.1 Å². The summed E-state index contributed by atoms with van der Waals surface area (Å²) in [4.78, 5) is 0. The highest BCUT2D eigenvalue weighted by Gasteiger charge is 1.86. The molecule has 0 atom stereocenters. The van der Waals surface area contributed by atoms with Crippen LogP contribution in [0.3, 0.4) is 0 Å². The molecule has 2 rings (SSSR count). The summed E-state index contributed by atoms with van der Waals surface area (Å²) >= 11 is 6.79. The van der Waals surface area contributed by atoms with E-state index >= 15 is 0 Å². The molecule has 0 aromatic heterocycles. The second kappa shape index (κ2) is 6.87. The van der Waals surface area contributed by atoms with Gasteiger partial charge in [-0.25, -0.2) is 0 Å². The minimum Gasteiger partial charge on any atom is -0.0619 e. The fraction of sp³-hybridized carbons (Fsp3) is 0.143. The van der Waals surface area contributed by atoms with Crippen LogP contribution in [0, 0.1) is 13.8 Å². The van der Waals surface area contributed by atoms with Crippen molar-refractivity contribution in [1.82, 2.24) is 0 Å². The van der Waals surface area contributed by atoms with Gasteiger partial charge in [0, 0.05) is 8.95 Å². The lowest BCUT2D eigenvalue weighted by Crippen LogP contribution is -1.69. The van der Waals surface area contributed by atoms with Gasteiger partial charge in [-0.3, -0.25) is 0 Å². The standard InChI is InChI=1S/2C7H7Br/c2*1-6-4-2-3-5-7(6)8/h2*2-5H,1H3. The molecule has 0 bridgehead atoms. The third-order valence-electron chi connectivity index (χ3n) is 2.15. The molecule has 0 heterocycles. The molecule has 0 spiro atoms. The zero-order valence-corrected chi connectivity index (χ0v) is 12.5. The van der Waals surface area contributed by atoms with E-state index in [9.17, 15) is 0 Å². The molecule has 0 N–H and O–H groups in total. The van der Waals surface area contributed by atoms with Crippen LogP contribution >= 0.6 is 31.9 Å². The molecule has 84 valence electrons. The Kier molecular flexibility index (Phi) is 5.78. The molecule has 0 saturated heterocycles. The molecule has 0 saturated carbocycles. The van der Waals surface area contributed by atoms with Crippen LogP contribution < -0.4 is 0 Å². The predicted octanol–water partition coefficient (Wildman–Crippen LogP) is 5.52. The average molecular weight is 342 g/mol. The Morgan fingerprint density at radius 1 is 0.625 bits per heavy atom. The first-order chi connectivity index (χ1) is 7.61. The second-order valence-corrected chi connectivity index (χ2v) is 5.21. The van der Waals surface area contributed by atoms with Crippen LogP contribution in [0.2, 0.25) is 0 Å². The van der Waals surface area contributed by atoms with Crippen molar-refractivity contribution >= 4 is 31.9 Å². The highest BCUT2D eigenvalue weighted by molar-refractivity contribution is 9.10. The van der Waals surface area contributed by atoms with Crippen molar-refractivity contribution in [1.29, 1.82) is 0 Å². The lowest BCUT2D eigenvalue weighted by Gasteiger charge is -1.91. The molecule has 0 fully saturated rings. The Labute approximate surface area is 114 Å². The van der Waals surface area contributed by atoms with Crippen LogP contribution in [-0.4, -0.2) is 0 Å². The van der Waals surface area contributed by atoms with Crippen LogP contribution in [0.5, 0.6) is 0 Å². The van der Waals surface area contributed by atoms with Gasteiger partial charge in [0.25, 0.3) is 0 Å². The maximum absolute atomic E-state index is 3.40. The monoisotopic (exact) mass is 340 g/mol. The van der Waals surface area contributed by atoms with Crippen molar-refractivity contribution in [2.45, 2.75) is 13.8 Å². The van der Waals surface area contributed by atoms with E-state index < -0.39 is 0 Å². The molecule has 0 aliphatic rings. The molecule has 2 heteroatoms. The highest BCUT2D eigenvalue weighted by atomic mass is 79.9. The maximum Gasteiger partial charge on any atom is 0.0204 e. The molecule has 2 aromatic carbocycles. The fourth-order valence-electron chi connectivity index (χ4n) is 1.10. The summed E-state index contributed by atoms with van der Waals surface area (Å²) in [6, 6.07) is 16.3. The summed E-state index contributed by atoms with van der Waals surface area (Å²) in [5.74, 6) is 0. The molecule has 16 heavy (non-hydrogen) atoms. The number of benzene rings is 2. The van der Waals surface area contributed by atoms with Crippen molar-refractivity contribution in [2.75, 3.05) is 0 Å². The molecule has 0 amide bonds. The van der Waals surface area contributed by atoms with E-state index in [4.69, 9.17) is 0 Å². The summed E-state index contributed by atoms with van der Waals surface area (Å²) in [6.07, 6.45) is 0. The average Bonchev–Trinajstić information content (AvgIpc) is 2.28. The quantitative estimate of drug-likeness (QED) is 0.592. The summed E-state index contributed by atoms with van der Waals surface area (Å²) in [5.41, 5.74) is 2.57. The van der Waals surface area contributed by atoms with Crippen molar-refractivity contribution in [3.8, 4) is 0 Å². The maximum atomic E-state index is 3.40. The Morgan fingerprint density at radius 3 is 1.12 bits per heavy atom. The highest BCUT2D eigenvalue weighted by Crippen LogP contribution is 2.13.